The van der Waals surface area contributed by atoms with Gasteiger partial charge in [-0.25, -0.2) is 0 Å². The van der Waals surface area contributed by atoms with Crippen molar-refractivity contribution in [3.63, 3.8) is 0 Å². The highest BCUT2D eigenvalue weighted by molar-refractivity contribution is 7.86. The highest BCUT2D eigenvalue weighted by Crippen LogP contribution is 2.69. The van der Waals surface area contributed by atoms with Gasteiger partial charge < -0.3 is 4.90 Å². The Balaban J connectivity index is 1.35. The Kier molecular flexibility index (Phi) is 5.25. The van der Waals surface area contributed by atoms with Crippen molar-refractivity contribution in [2.45, 2.75) is 88.2 Å². The summed E-state index contributed by atoms with van der Waals surface area (Å²) in [4.78, 5) is 14.8. The standard InChI is InChI=1S/C31H39NO2S/c1-30-20-27(21-5-8-23(9-6-21)32-16-2-3-17-32)29-25-12-10-24(33)19-22(25)7-11-26(29)28(30)13-15-31(30)14-4-18-35(31)34/h5-6,8-9,19,26-28H,2-4,7,10-18,20H2,1H3/t26?,27-,28?,30+,31+,35?/m1/s1. The van der Waals surface area contributed by atoms with Crippen LogP contribution in [0.2, 0.25) is 0 Å². The highest BCUT2D eigenvalue weighted by Gasteiger charge is 2.66. The number of fused-ring (bicyclic) bond motifs is 5. The monoisotopic (exact) mass is 489 g/mol. The molecule has 1 spiro atoms. The van der Waals surface area contributed by atoms with Gasteiger partial charge in [-0.2, -0.15) is 0 Å². The average Bonchev–Trinajstić information content (AvgIpc) is 3.60. The van der Waals surface area contributed by atoms with Crippen LogP contribution in [0.25, 0.3) is 0 Å². The number of nitrogens with zero attached hydrogens (tertiary/aromatic N) is 1. The molecular weight excluding hydrogens is 450 g/mol. The van der Waals surface area contributed by atoms with Crippen LogP contribution in [-0.2, 0) is 15.6 Å². The molecule has 2 heterocycles. The first-order valence-electron chi connectivity index (χ1n) is 14.2. The molecule has 3 unspecified atom stereocenters. The number of anilines is 1. The molecule has 1 aromatic carbocycles. The van der Waals surface area contributed by atoms with Gasteiger partial charge in [-0.05, 0) is 116 Å². The number of ketones is 1. The number of carbonyl (C=O) groups is 1. The van der Waals surface area contributed by atoms with Gasteiger partial charge >= 0.3 is 0 Å². The second-order valence-corrected chi connectivity index (χ2v) is 14.3. The van der Waals surface area contributed by atoms with E-state index >= 15 is 0 Å². The molecular formula is C31H39NO2S. The molecule has 2 saturated heterocycles. The number of allylic oxidation sites excluding steroid dienone is 4. The number of carbonyl (C=O) groups excluding carboxylic acids is 1. The van der Waals surface area contributed by atoms with Gasteiger partial charge in [-0.1, -0.05) is 24.6 Å². The summed E-state index contributed by atoms with van der Waals surface area (Å²) < 4.78 is 13.6. The molecule has 6 aliphatic rings. The largest absolute Gasteiger partial charge is 0.372 e. The number of hydrogen-bond donors (Lipinski definition) is 0. The van der Waals surface area contributed by atoms with Crippen molar-refractivity contribution in [1.29, 1.82) is 0 Å². The predicted molar refractivity (Wildman–Crippen MR) is 143 cm³/mol. The van der Waals surface area contributed by atoms with Crippen molar-refractivity contribution in [2.75, 3.05) is 23.7 Å². The van der Waals surface area contributed by atoms with Crippen LogP contribution < -0.4 is 4.90 Å². The van der Waals surface area contributed by atoms with Crippen LogP contribution in [0.15, 0.2) is 47.1 Å². The summed E-state index contributed by atoms with van der Waals surface area (Å²) in [6.07, 6.45) is 14.2. The van der Waals surface area contributed by atoms with Gasteiger partial charge in [0, 0.05) is 47.7 Å². The Bertz CT molecular complexity index is 1140. The van der Waals surface area contributed by atoms with Gasteiger partial charge in [-0.3, -0.25) is 9.00 Å². The summed E-state index contributed by atoms with van der Waals surface area (Å²) in [6.45, 7) is 4.89. The molecule has 0 N–H and O–H groups in total. The second kappa shape index (κ2) is 8.16. The van der Waals surface area contributed by atoms with Gasteiger partial charge in [0.1, 0.15) is 0 Å². The first-order chi connectivity index (χ1) is 17.0. The molecule has 1 aromatic rings. The zero-order chi connectivity index (χ0) is 23.8. The Morgan fingerprint density at radius 2 is 1.77 bits per heavy atom. The van der Waals surface area contributed by atoms with Gasteiger partial charge in [0.05, 0.1) is 4.75 Å². The van der Waals surface area contributed by atoms with E-state index in [2.05, 4.69) is 36.1 Å². The Hall–Kier alpha value is -1.68. The molecule has 3 nitrogen and oxygen atoms in total. The third kappa shape index (κ3) is 3.20. The lowest BCUT2D eigenvalue weighted by Gasteiger charge is -2.55. The van der Waals surface area contributed by atoms with Crippen molar-refractivity contribution in [2.24, 2.45) is 17.3 Å². The Morgan fingerprint density at radius 3 is 2.51 bits per heavy atom. The molecule has 0 bridgehead atoms. The fraction of sp³-hybridized carbons (Fsp3) is 0.645. The van der Waals surface area contributed by atoms with Crippen molar-refractivity contribution >= 4 is 22.3 Å². The third-order valence-corrected chi connectivity index (χ3v) is 13.5. The lowest BCUT2D eigenvalue weighted by Crippen LogP contribution is -2.52. The van der Waals surface area contributed by atoms with E-state index in [1.165, 1.54) is 61.2 Å². The highest BCUT2D eigenvalue weighted by atomic mass is 32.2. The lowest BCUT2D eigenvalue weighted by atomic mass is 9.51. The van der Waals surface area contributed by atoms with Gasteiger partial charge in [-0.15, -0.1) is 0 Å². The van der Waals surface area contributed by atoms with Crippen molar-refractivity contribution in [1.82, 2.24) is 0 Å². The van der Waals surface area contributed by atoms with Crippen LogP contribution in [0.1, 0.15) is 89.0 Å². The second-order valence-electron chi connectivity index (χ2n) is 12.5. The molecule has 7 rings (SSSR count). The predicted octanol–water partition coefficient (Wildman–Crippen LogP) is 6.47. The molecule has 0 amide bonds. The van der Waals surface area contributed by atoms with Gasteiger partial charge in [0.15, 0.2) is 5.78 Å². The molecule has 4 fully saturated rings. The molecule has 4 heteroatoms. The zero-order valence-electron chi connectivity index (χ0n) is 21.2. The molecule has 0 aromatic heterocycles. The fourth-order valence-corrected chi connectivity index (χ4v) is 11.8. The van der Waals surface area contributed by atoms with Crippen molar-refractivity contribution in [3.8, 4) is 0 Å². The van der Waals surface area contributed by atoms with E-state index in [1.807, 2.05) is 6.08 Å². The first-order valence-corrected chi connectivity index (χ1v) is 15.5. The van der Waals surface area contributed by atoms with Gasteiger partial charge in [0.25, 0.3) is 0 Å². The SMILES string of the molecule is C[C@]12C[C@H](c3ccc(N4CCCC4)cc3)C3=C4CCC(=O)C=C4CCC3C1CC[C@@]21CCCS1=O. The maximum absolute atomic E-state index is 13.6. The topological polar surface area (TPSA) is 37.4 Å². The molecule has 4 aliphatic carbocycles. The molecule has 6 atom stereocenters. The zero-order valence-corrected chi connectivity index (χ0v) is 22.0. The van der Waals surface area contributed by atoms with E-state index in [0.29, 0.717) is 30.0 Å². The number of benzene rings is 1. The molecule has 0 radical (unpaired) electrons. The van der Waals surface area contributed by atoms with E-state index in [9.17, 15) is 9.00 Å². The molecule has 2 aliphatic heterocycles. The van der Waals surface area contributed by atoms with Crippen LogP contribution in [-0.4, -0.2) is 33.6 Å². The molecule has 35 heavy (non-hydrogen) atoms. The summed E-state index contributed by atoms with van der Waals surface area (Å²) >= 11 is 0. The number of rotatable bonds is 2. The van der Waals surface area contributed by atoms with Crippen LogP contribution in [0, 0.1) is 17.3 Å². The van der Waals surface area contributed by atoms with E-state index in [0.717, 1.165) is 44.3 Å². The van der Waals surface area contributed by atoms with Crippen LogP contribution in [0.4, 0.5) is 5.69 Å². The maximum Gasteiger partial charge on any atom is 0.156 e. The van der Waals surface area contributed by atoms with Crippen LogP contribution in [0.5, 0.6) is 0 Å². The van der Waals surface area contributed by atoms with E-state index in [-0.39, 0.29) is 10.2 Å². The quantitative estimate of drug-likeness (QED) is 0.478. The minimum atomic E-state index is -0.695. The minimum absolute atomic E-state index is 0.0280. The lowest BCUT2D eigenvalue weighted by molar-refractivity contribution is -0.114. The average molecular weight is 490 g/mol. The molecule has 186 valence electrons. The summed E-state index contributed by atoms with van der Waals surface area (Å²) in [6, 6.07) is 9.53. The smallest absolute Gasteiger partial charge is 0.156 e. The third-order valence-electron chi connectivity index (χ3n) is 11.1. The Morgan fingerprint density at radius 1 is 0.971 bits per heavy atom. The fourth-order valence-electron chi connectivity index (χ4n) is 9.51. The van der Waals surface area contributed by atoms with Crippen LogP contribution >= 0.6 is 0 Å². The minimum Gasteiger partial charge on any atom is -0.372 e. The van der Waals surface area contributed by atoms with E-state index < -0.39 is 10.8 Å². The van der Waals surface area contributed by atoms with Crippen molar-refractivity contribution < 1.29 is 9.00 Å². The van der Waals surface area contributed by atoms with E-state index in [1.54, 1.807) is 5.57 Å². The maximum atomic E-state index is 13.6. The summed E-state index contributed by atoms with van der Waals surface area (Å²) in [5, 5.41) is 0. The van der Waals surface area contributed by atoms with Gasteiger partial charge in [0.2, 0.25) is 0 Å². The summed E-state index contributed by atoms with van der Waals surface area (Å²) in [5.74, 6) is 2.86. The Labute approximate surface area is 212 Å². The normalized spacial score (nSPS) is 40.7. The summed E-state index contributed by atoms with van der Waals surface area (Å²) in [5.41, 5.74) is 7.50. The van der Waals surface area contributed by atoms with Crippen LogP contribution in [0.3, 0.4) is 0 Å². The first kappa shape index (κ1) is 22.5. The summed E-state index contributed by atoms with van der Waals surface area (Å²) in [7, 11) is -0.695. The number of hydrogen-bond acceptors (Lipinski definition) is 3. The molecule has 2 saturated carbocycles. The van der Waals surface area contributed by atoms with E-state index in [4.69, 9.17) is 0 Å². The van der Waals surface area contributed by atoms with Crippen molar-refractivity contribution in [3.05, 3.63) is 52.6 Å².